The third-order valence-electron chi connectivity index (χ3n) is 6.68. The van der Waals surface area contributed by atoms with E-state index in [1.807, 2.05) is 25.1 Å². The third-order valence-corrected chi connectivity index (χ3v) is 6.68. The maximum atomic E-state index is 14.1. The zero-order valence-electron chi connectivity index (χ0n) is 22.2. The van der Waals surface area contributed by atoms with E-state index in [1.165, 1.54) is 10.6 Å². The van der Waals surface area contributed by atoms with E-state index in [-0.39, 0.29) is 35.8 Å². The molecule has 0 radical (unpaired) electrons. The van der Waals surface area contributed by atoms with Crippen LogP contribution in [-0.2, 0) is 17.5 Å². The van der Waals surface area contributed by atoms with Crippen LogP contribution in [0.3, 0.4) is 0 Å². The van der Waals surface area contributed by atoms with Crippen molar-refractivity contribution in [2.75, 3.05) is 48.9 Å². The van der Waals surface area contributed by atoms with Gasteiger partial charge >= 0.3 is 6.18 Å². The average molecular weight is 531 g/mol. The smallest absolute Gasteiger partial charge is 0.378 e. The molecule has 204 valence electrons. The molecule has 1 saturated heterocycles. The van der Waals surface area contributed by atoms with Crippen molar-refractivity contribution < 1.29 is 17.9 Å². The predicted molar refractivity (Wildman–Crippen MR) is 143 cm³/mol. The molecule has 0 bridgehead atoms. The second-order valence-corrected chi connectivity index (χ2v) is 9.40. The molecule has 1 aromatic carbocycles. The van der Waals surface area contributed by atoms with Gasteiger partial charge in [-0.15, -0.1) is 0 Å². The van der Waals surface area contributed by atoms with Gasteiger partial charge in [0.1, 0.15) is 17.3 Å². The average Bonchev–Trinajstić information content (AvgIpc) is 3.28. The van der Waals surface area contributed by atoms with Crippen molar-refractivity contribution in [1.82, 2.24) is 14.5 Å². The van der Waals surface area contributed by atoms with E-state index in [9.17, 15) is 18.0 Å². The molecule has 0 saturated carbocycles. The molecule has 8 nitrogen and oxygen atoms in total. The molecule has 1 aliphatic heterocycles. The van der Waals surface area contributed by atoms with Gasteiger partial charge in [0, 0.05) is 57.8 Å². The Balaban J connectivity index is 1.74. The fourth-order valence-electron chi connectivity index (χ4n) is 4.77. The number of halogens is 3. The van der Waals surface area contributed by atoms with Crippen molar-refractivity contribution in [3.63, 3.8) is 0 Å². The zero-order valence-corrected chi connectivity index (χ0v) is 22.2. The van der Waals surface area contributed by atoms with E-state index < -0.39 is 17.3 Å². The maximum Gasteiger partial charge on any atom is 0.417 e. The Hall–Kier alpha value is -3.60. The summed E-state index contributed by atoms with van der Waals surface area (Å²) in [4.78, 5) is 26.3. The number of hydrogen-bond acceptors (Lipinski definition) is 7. The normalized spacial score (nSPS) is 17.6. The number of nitrogens with zero attached hydrogens (tertiary/aromatic N) is 5. The van der Waals surface area contributed by atoms with Gasteiger partial charge < -0.3 is 19.9 Å². The fourth-order valence-corrected chi connectivity index (χ4v) is 4.77. The number of alkyl halides is 3. The first-order chi connectivity index (χ1) is 18.0. The minimum atomic E-state index is -4.62. The Bertz CT molecular complexity index is 1330. The maximum absolute atomic E-state index is 14.1. The summed E-state index contributed by atoms with van der Waals surface area (Å²) in [5.41, 5.74) is -0.409. The van der Waals surface area contributed by atoms with E-state index in [4.69, 9.17) is 4.74 Å². The molecule has 1 unspecified atom stereocenters. The predicted octanol–water partition coefficient (Wildman–Crippen LogP) is 4.42. The SMILES string of the molecule is CCO[C@H]1CN(c2ccccn2)CC1Nc1c(C)nc(-c2ccc(N(C)C)cc2C(F)(F)F)n(CC)c1=O. The summed E-state index contributed by atoms with van der Waals surface area (Å²) in [7, 11) is 3.35. The summed E-state index contributed by atoms with van der Waals surface area (Å²) in [6, 6.07) is 9.48. The first kappa shape index (κ1) is 27.4. The van der Waals surface area contributed by atoms with E-state index in [2.05, 4.69) is 20.2 Å². The first-order valence-corrected chi connectivity index (χ1v) is 12.6. The Morgan fingerprint density at radius 3 is 2.53 bits per heavy atom. The van der Waals surface area contributed by atoms with Crippen molar-refractivity contribution in [1.29, 1.82) is 0 Å². The molecule has 0 amide bonds. The molecule has 3 aromatic rings. The van der Waals surface area contributed by atoms with E-state index in [1.54, 1.807) is 45.1 Å². The molecule has 11 heteroatoms. The van der Waals surface area contributed by atoms with Crippen molar-refractivity contribution >= 4 is 17.2 Å². The van der Waals surface area contributed by atoms with Gasteiger partial charge in [-0.2, -0.15) is 13.2 Å². The monoisotopic (exact) mass is 530 g/mol. The minimum Gasteiger partial charge on any atom is -0.378 e. The summed E-state index contributed by atoms with van der Waals surface area (Å²) in [5, 5.41) is 3.32. The van der Waals surface area contributed by atoms with Crippen molar-refractivity contribution in [3.8, 4) is 11.4 Å². The van der Waals surface area contributed by atoms with Crippen LogP contribution in [-0.4, -0.2) is 60.5 Å². The lowest BCUT2D eigenvalue weighted by atomic mass is 10.0. The molecular formula is C27H33F3N6O2. The molecular weight excluding hydrogens is 497 g/mol. The quantitative estimate of drug-likeness (QED) is 0.462. The number of hydrogen-bond donors (Lipinski definition) is 1. The highest BCUT2D eigenvalue weighted by atomic mass is 19.4. The van der Waals surface area contributed by atoms with Crippen LogP contribution >= 0.6 is 0 Å². The molecule has 2 atom stereocenters. The van der Waals surface area contributed by atoms with E-state index in [0.29, 0.717) is 31.1 Å². The van der Waals surface area contributed by atoms with Crippen LogP contribution in [0.5, 0.6) is 0 Å². The lowest BCUT2D eigenvalue weighted by Crippen LogP contribution is -2.38. The van der Waals surface area contributed by atoms with Gasteiger partial charge in [-0.05, 0) is 51.1 Å². The largest absolute Gasteiger partial charge is 0.417 e. The number of aryl methyl sites for hydroxylation is 1. The summed E-state index contributed by atoms with van der Waals surface area (Å²) in [6.45, 7) is 7.04. The van der Waals surface area contributed by atoms with Crippen LogP contribution in [0.1, 0.15) is 25.1 Å². The van der Waals surface area contributed by atoms with Crippen LogP contribution in [0.2, 0.25) is 0 Å². The van der Waals surface area contributed by atoms with Gasteiger partial charge in [-0.1, -0.05) is 6.07 Å². The number of benzene rings is 1. The molecule has 1 N–H and O–H groups in total. The molecule has 1 fully saturated rings. The number of anilines is 3. The Labute approximate surface area is 220 Å². The summed E-state index contributed by atoms with van der Waals surface area (Å²) >= 11 is 0. The van der Waals surface area contributed by atoms with Crippen LogP contribution in [0, 0.1) is 6.92 Å². The number of nitrogens with one attached hydrogen (secondary N) is 1. The third kappa shape index (κ3) is 5.47. The number of aromatic nitrogens is 3. The number of ether oxygens (including phenoxy) is 1. The van der Waals surface area contributed by atoms with Gasteiger partial charge in [0.15, 0.2) is 0 Å². The van der Waals surface area contributed by atoms with Gasteiger partial charge in [-0.25, -0.2) is 9.97 Å². The molecule has 38 heavy (non-hydrogen) atoms. The molecule has 2 aromatic heterocycles. The highest BCUT2D eigenvalue weighted by Crippen LogP contribution is 2.38. The molecule has 0 spiro atoms. The Morgan fingerprint density at radius 2 is 1.92 bits per heavy atom. The summed E-state index contributed by atoms with van der Waals surface area (Å²) in [5.74, 6) is 0.791. The lowest BCUT2D eigenvalue weighted by Gasteiger charge is -2.23. The second-order valence-electron chi connectivity index (χ2n) is 9.40. The standard InChI is InChI=1S/C27H33F3N6O2/c1-6-36-25(19-12-11-18(34(4)5)14-20(19)27(28,29)30)32-17(3)24(26(36)37)33-21-15-35(16-22(21)38-7-2)23-10-8-9-13-31-23/h8-14,21-22,33H,6-7,15-16H2,1-5H3/t21?,22-/m0/s1. The lowest BCUT2D eigenvalue weighted by molar-refractivity contribution is -0.137. The topological polar surface area (TPSA) is 75.5 Å². The summed E-state index contributed by atoms with van der Waals surface area (Å²) in [6.07, 6.45) is -3.11. The summed E-state index contributed by atoms with van der Waals surface area (Å²) < 4.78 is 49.5. The van der Waals surface area contributed by atoms with Crippen molar-refractivity contribution in [2.24, 2.45) is 0 Å². The van der Waals surface area contributed by atoms with Crippen LogP contribution in [0.15, 0.2) is 47.4 Å². The molecule has 3 heterocycles. The Morgan fingerprint density at radius 1 is 1.16 bits per heavy atom. The fraction of sp³-hybridized carbons (Fsp3) is 0.444. The zero-order chi connectivity index (χ0) is 27.6. The highest BCUT2D eigenvalue weighted by Gasteiger charge is 2.37. The highest BCUT2D eigenvalue weighted by molar-refractivity contribution is 5.68. The second kappa shape index (κ2) is 11.0. The molecule has 4 rings (SSSR count). The number of rotatable bonds is 8. The minimum absolute atomic E-state index is 0.0129. The number of pyridine rings is 1. The van der Waals surface area contributed by atoms with Crippen molar-refractivity contribution in [2.45, 2.75) is 45.6 Å². The van der Waals surface area contributed by atoms with Gasteiger partial charge in [0.2, 0.25) is 0 Å². The van der Waals surface area contributed by atoms with Crippen LogP contribution < -0.4 is 20.7 Å². The Kier molecular flexibility index (Phi) is 7.96. The van der Waals surface area contributed by atoms with Crippen LogP contribution in [0.4, 0.5) is 30.4 Å². The van der Waals surface area contributed by atoms with Crippen LogP contribution in [0.25, 0.3) is 11.4 Å². The van der Waals surface area contributed by atoms with Crippen molar-refractivity contribution in [3.05, 3.63) is 64.2 Å². The molecule has 1 aliphatic rings. The van der Waals surface area contributed by atoms with E-state index >= 15 is 0 Å². The van der Waals surface area contributed by atoms with Gasteiger partial charge in [0.25, 0.3) is 5.56 Å². The first-order valence-electron chi connectivity index (χ1n) is 12.6. The van der Waals surface area contributed by atoms with Gasteiger partial charge in [-0.3, -0.25) is 9.36 Å². The molecule has 0 aliphatic carbocycles. The van der Waals surface area contributed by atoms with E-state index in [0.717, 1.165) is 11.9 Å². The van der Waals surface area contributed by atoms with Gasteiger partial charge in [0.05, 0.1) is 23.4 Å².